The lowest BCUT2D eigenvalue weighted by Gasteiger charge is -2.28. The molecular formula is C16H20BrNO3. The lowest BCUT2D eigenvalue weighted by atomic mass is 9.87. The molecule has 0 aliphatic carbocycles. The van der Waals surface area contributed by atoms with Crippen LogP contribution in [-0.4, -0.2) is 24.7 Å². The second kappa shape index (κ2) is 5.87. The summed E-state index contributed by atoms with van der Waals surface area (Å²) in [4.78, 5) is 11.6. The summed E-state index contributed by atoms with van der Waals surface area (Å²) in [5, 5.41) is 3.15. The smallest absolute Gasteiger partial charge is 0.220 e. The molecule has 5 heteroatoms. The Morgan fingerprint density at radius 1 is 1.33 bits per heavy atom. The van der Waals surface area contributed by atoms with Crippen molar-refractivity contribution in [3.8, 4) is 11.5 Å². The maximum absolute atomic E-state index is 11.6. The minimum Gasteiger partial charge on any atom is -0.490 e. The Hall–Kier alpha value is -1.23. The molecule has 0 spiro atoms. The van der Waals surface area contributed by atoms with Crippen molar-refractivity contribution in [2.24, 2.45) is 0 Å². The fraction of sp³-hybridized carbons (Fsp3) is 0.562. The molecule has 4 nitrogen and oxygen atoms in total. The highest BCUT2D eigenvalue weighted by atomic mass is 79.9. The summed E-state index contributed by atoms with van der Waals surface area (Å²) in [6, 6.07) is 4.13. The summed E-state index contributed by atoms with van der Waals surface area (Å²) in [6.07, 6.45) is 4.18. The Morgan fingerprint density at radius 2 is 2.14 bits per heavy atom. The van der Waals surface area contributed by atoms with E-state index >= 15 is 0 Å². The van der Waals surface area contributed by atoms with Gasteiger partial charge in [0.05, 0.1) is 17.7 Å². The number of carbonyl (C=O) groups excluding carboxylic acids is 1. The van der Waals surface area contributed by atoms with Crippen molar-refractivity contribution in [3.05, 3.63) is 22.2 Å². The van der Waals surface area contributed by atoms with Crippen molar-refractivity contribution in [2.45, 2.75) is 44.6 Å². The van der Waals surface area contributed by atoms with Crippen molar-refractivity contribution in [1.29, 1.82) is 0 Å². The molecule has 2 aliphatic heterocycles. The van der Waals surface area contributed by atoms with Crippen LogP contribution in [0.3, 0.4) is 0 Å². The molecule has 2 heterocycles. The molecule has 0 radical (unpaired) electrons. The largest absolute Gasteiger partial charge is 0.490 e. The number of nitrogens with one attached hydrogen (secondary N) is 1. The topological polar surface area (TPSA) is 47.6 Å². The number of rotatable bonds is 3. The van der Waals surface area contributed by atoms with Crippen LogP contribution < -0.4 is 14.8 Å². The molecule has 2 aliphatic rings. The zero-order valence-electron chi connectivity index (χ0n) is 12.2. The summed E-state index contributed by atoms with van der Waals surface area (Å²) in [5.41, 5.74) is 1.05. The van der Waals surface area contributed by atoms with Crippen molar-refractivity contribution in [3.63, 3.8) is 0 Å². The molecule has 3 rings (SSSR count). The van der Waals surface area contributed by atoms with Gasteiger partial charge in [-0.1, -0.05) is 6.92 Å². The molecule has 21 heavy (non-hydrogen) atoms. The molecule has 0 saturated carbocycles. The van der Waals surface area contributed by atoms with Crippen LogP contribution in [-0.2, 0) is 11.2 Å². The highest BCUT2D eigenvalue weighted by Crippen LogP contribution is 2.39. The first-order valence-electron chi connectivity index (χ1n) is 7.51. The Morgan fingerprint density at radius 3 is 2.86 bits per heavy atom. The lowest BCUT2D eigenvalue weighted by molar-refractivity contribution is -0.119. The van der Waals surface area contributed by atoms with Crippen molar-refractivity contribution in [1.82, 2.24) is 5.32 Å². The molecule has 1 aromatic carbocycles. The fourth-order valence-electron chi connectivity index (χ4n) is 3.07. The number of benzene rings is 1. The number of amides is 1. The summed E-state index contributed by atoms with van der Waals surface area (Å²) in [5.74, 6) is 1.75. The van der Waals surface area contributed by atoms with E-state index in [4.69, 9.17) is 9.47 Å². The van der Waals surface area contributed by atoms with E-state index in [9.17, 15) is 4.79 Å². The summed E-state index contributed by atoms with van der Waals surface area (Å²) < 4.78 is 12.4. The molecular weight excluding hydrogens is 334 g/mol. The Bertz CT molecular complexity index is 561. The maximum atomic E-state index is 11.6. The predicted octanol–water partition coefficient (Wildman–Crippen LogP) is 3.21. The molecule has 1 aromatic rings. The molecule has 1 N–H and O–H groups in total. The minimum absolute atomic E-state index is 0.115. The van der Waals surface area contributed by atoms with E-state index in [1.807, 2.05) is 6.07 Å². The molecule has 1 amide bonds. The van der Waals surface area contributed by atoms with Gasteiger partial charge in [0.1, 0.15) is 0 Å². The van der Waals surface area contributed by atoms with Gasteiger partial charge in [-0.05, 0) is 52.9 Å². The van der Waals surface area contributed by atoms with Crippen LogP contribution in [0, 0.1) is 0 Å². The van der Waals surface area contributed by atoms with Gasteiger partial charge in [-0.2, -0.15) is 0 Å². The van der Waals surface area contributed by atoms with Crippen LogP contribution in [0.5, 0.6) is 11.5 Å². The van der Waals surface area contributed by atoms with Gasteiger partial charge in [0.15, 0.2) is 11.5 Å². The van der Waals surface area contributed by atoms with Gasteiger partial charge in [0, 0.05) is 18.4 Å². The Labute approximate surface area is 133 Å². The predicted molar refractivity (Wildman–Crippen MR) is 83.9 cm³/mol. The van der Waals surface area contributed by atoms with Crippen molar-refractivity contribution in [2.75, 3.05) is 13.2 Å². The number of ether oxygens (including phenoxy) is 2. The summed E-state index contributed by atoms with van der Waals surface area (Å²) >= 11 is 3.58. The Balaban J connectivity index is 1.87. The highest BCUT2D eigenvalue weighted by molar-refractivity contribution is 9.10. The van der Waals surface area contributed by atoms with Gasteiger partial charge in [0.2, 0.25) is 5.91 Å². The third kappa shape index (κ3) is 3.03. The van der Waals surface area contributed by atoms with Crippen LogP contribution in [0.2, 0.25) is 0 Å². The van der Waals surface area contributed by atoms with Crippen LogP contribution in [0.1, 0.15) is 38.2 Å². The quantitative estimate of drug-likeness (QED) is 0.907. The molecule has 1 atom stereocenters. The normalized spacial score (nSPS) is 24.6. The monoisotopic (exact) mass is 353 g/mol. The molecule has 1 saturated heterocycles. The van der Waals surface area contributed by atoms with E-state index in [1.165, 1.54) is 0 Å². The fourth-order valence-corrected chi connectivity index (χ4v) is 3.68. The van der Waals surface area contributed by atoms with E-state index in [-0.39, 0.29) is 11.4 Å². The maximum Gasteiger partial charge on any atom is 0.220 e. The molecule has 0 bridgehead atoms. The second-order valence-electron chi connectivity index (χ2n) is 5.81. The van der Waals surface area contributed by atoms with Crippen molar-refractivity contribution >= 4 is 21.8 Å². The van der Waals surface area contributed by atoms with Crippen molar-refractivity contribution < 1.29 is 14.3 Å². The standard InChI is InChI=1S/C16H20BrNO3/c1-2-16(5-4-14(19)18-16)10-11-8-12(17)15-13(9-11)20-6-3-7-21-15/h8-9H,2-7,10H2,1H3,(H,18,19). The average molecular weight is 354 g/mol. The minimum atomic E-state index is -0.115. The zero-order valence-corrected chi connectivity index (χ0v) is 13.8. The van der Waals surface area contributed by atoms with E-state index in [0.717, 1.165) is 47.2 Å². The number of hydrogen-bond acceptors (Lipinski definition) is 3. The van der Waals surface area contributed by atoms with Crippen LogP contribution in [0.4, 0.5) is 0 Å². The number of carbonyl (C=O) groups is 1. The first-order valence-corrected chi connectivity index (χ1v) is 8.30. The molecule has 1 unspecified atom stereocenters. The van der Waals surface area contributed by atoms with Crippen LogP contribution in [0.25, 0.3) is 0 Å². The summed E-state index contributed by atoms with van der Waals surface area (Å²) in [7, 11) is 0. The number of halogens is 1. The van der Waals surface area contributed by atoms with Crippen LogP contribution >= 0.6 is 15.9 Å². The average Bonchev–Trinajstić information content (AvgIpc) is 2.68. The highest BCUT2D eigenvalue weighted by Gasteiger charge is 2.36. The molecule has 0 aromatic heterocycles. The van der Waals surface area contributed by atoms with Gasteiger partial charge < -0.3 is 14.8 Å². The van der Waals surface area contributed by atoms with Gasteiger partial charge in [-0.25, -0.2) is 0 Å². The summed E-state index contributed by atoms with van der Waals surface area (Å²) in [6.45, 7) is 3.49. The second-order valence-corrected chi connectivity index (χ2v) is 6.67. The lowest BCUT2D eigenvalue weighted by Crippen LogP contribution is -2.42. The third-order valence-electron chi connectivity index (χ3n) is 4.32. The number of fused-ring (bicyclic) bond motifs is 1. The van der Waals surface area contributed by atoms with E-state index < -0.39 is 0 Å². The van der Waals surface area contributed by atoms with E-state index in [2.05, 4.69) is 34.2 Å². The SMILES string of the molecule is CCC1(Cc2cc(Br)c3c(c2)OCCCO3)CCC(=O)N1. The van der Waals surface area contributed by atoms with Gasteiger partial charge in [-0.3, -0.25) is 4.79 Å². The molecule has 1 fully saturated rings. The van der Waals surface area contributed by atoms with E-state index in [0.29, 0.717) is 19.6 Å². The van der Waals surface area contributed by atoms with Gasteiger partial charge in [-0.15, -0.1) is 0 Å². The van der Waals surface area contributed by atoms with Gasteiger partial charge >= 0.3 is 0 Å². The molecule has 114 valence electrons. The van der Waals surface area contributed by atoms with Crippen LogP contribution in [0.15, 0.2) is 16.6 Å². The van der Waals surface area contributed by atoms with Gasteiger partial charge in [0.25, 0.3) is 0 Å². The first-order chi connectivity index (χ1) is 10.1. The third-order valence-corrected chi connectivity index (χ3v) is 4.91. The Kier molecular flexibility index (Phi) is 4.11. The first kappa shape index (κ1) is 14.7. The van der Waals surface area contributed by atoms with E-state index in [1.54, 1.807) is 0 Å². The zero-order chi connectivity index (χ0) is 14.9. The number of hydrogen-bond donors (Lipinski definition) is 1.